The molecular formula is C14H17N3O3. The smallest absolute Gasteiger partial charge is 0.374 e. The van der Waals surface area contributed by atoms with E-state index >= 15 is 0 Å². The normalized spacial score (nSPS) is 12.3. The van der Waals surface area contributed by atoms with Crippen LogP contribution in [0.15, 0.2) is 24.3 Å². The molecule has 0 bridgehead atoms. The van der Waals surface area contributed by atoms with Gasteiger partial charge in [0.25, 0.3) is 0 Å². The molecule has 1 unspecified atom stereocenters. The third kappa shape index (κ3) is 3.21. The number of fused-ring (bicyclic) bond motifs is 1. The van der Waals surface area contributed by atoms with Gasteiger partial charge in [-0.05, 0) is 18.6 Å². The van der Waals surface area contributed by atoms with Crippen LogP contribution in [-0.4, -0.2) is 38.8 Å². The highest BCUT2D eigenvalue weighted by Crippen LogP contribution is 2.20. The molecule has 1 heterocycles. The standard InChI is InChI=1S/C14H17N3O3/c1-2-5-9(18)8-15-12-10-6-3-4-7-11(10)16-13(17-12)14(19)20/h3-4,6-7,9,18H,2,5,8H2,1H3,(H,19,20)(H,15,16,17). The molecule has 0 radical (unpaired) electrons. The Balaban J connectivity index is 2.32. The Hall–Kier alpha value is -2.21. The first-order valence-electron chi connectivity index (χ1n) is 6.53. The third-order valence-corrected chi connectivity index (χ3v) is 2.92. The van der Waals surface area contributed by atoms with Gasteiger partial charge >= 0.3 is 5.97 Å². The van der Waals surface area contributed by atoms with Gasteiger partial charge in [0.1, 0.15) is 5.82 Å². The molecule has 0 aliphatic rings. The van der Waals surface area contributed by atoms with Crippen LogP contribution in [0.4, 0.5) is 5.82 Å². The second-order valence-corrected chi connectivity index (χ2v) is 4.54. The molecule has 3 N–H and O–H groups in total. The second kappa shape index (κ2) is 6.29. The molecule has 2 rings (SSSR count). The topological polar surface area (TPSA) is 95.3 Å². The summed E-state index contributed by atoms with van der Waals surface area (Å²) in [4.78, 5) is 19.0. The predicted molar refractivity (Wildman–Crippen MR) is 75.9 cm³/mol. The van der Waals surface area contributed by atoms with Gasteiger partial charge in [-0.25, -0.2) is 14.8 Å². The van der Waals surface area contributed by atoms with Crippen LogP contribution >= 0.6 is 0 Å². The van der Waals surface area contributed by atoms with E-state index in [1.165, 1.54) is 0 Å². The summed E-state index contributed by atoms with van der Waals surface area (Å²) in [5.41, 5.74) is 0.562. The van der Waals surface area contributed by atoms with E-state index in [1.807, 2.05) is 19.1 Å². The highest BCUT2D eigenvalue weighted by atomic mass is 16.4. The first kappa shape index (κ1) is 14.2. The molecular weight excluding hydrogens is 258 g/mol. The number of nitrogens with zero attached hydrogens (tertiary/aromatic N) is 2. The van der Waals surface area contributed by atoms with Crippen molar-refractivity contribution in [2.45, 2.75) is 25.9 Å². The van der Waals surface area contributed by atoms with Crippen LogP contribution in [0.1, 0.15) is 30.4 Å². The quantitative estimate of drug-likeness (QED) is 0.745. The molecule has 1 aromatic heterocycles. The van der Waals surface area contributed by atoms with Crippen molar-refractivity contribution in [2.24, 2.45) is 0 Å². The summed E-state index contributed by atoms with van der Waals surface area (Å²) in [5, 5.41) is 22.5. The summed E-state index contributed by atoms with van der Waals surface area (Å²) < 4.78 is 0. The van der Waals surface area contributed by atoms with Gasteiger partial charge in [0.2, 0.25) is 5.82 Å². The van der Waals surface area contributed by atoms with Crippen LogP contribution in [0.2, 0.25) is 0 Å². The summed E-state index contributed by atoms with van der Waals surface area (Å²) in [7, 11) is 0. The molecule has 0 saturated heterocycles. The molecule has 20 heavy (non-hydrogen) atoms. The van der Waals surface area contributed by atoms with Gasteiger partial charge < -0.3 is 15.5 Å². The monoisotopic (exact) mass is 275 g/mol. The van der Waals surface area contributed by atoms with Crippen LogP contribution in [0, 0.1) is 0 Å². The fourth-order valence-electron chi connectivity index (χ4n) is 1.96. The Bertz CT molecular complexity index is 616. The minimum atomic E-state index is -1.17. The second-order valence-electron chi connectivity index (χ2n) is 4.54. The van der Waals surface area contributed by atoms with Gasteiger partial charge in [0.05, 0.1) is 11.6 Å². The number of nitrogens with one attached hydrogen (secondary N) is 1. The number of benzene rings is 1. The molecule has 6 nitrogen and oxygen atoms in total. The van der Waals surface area contributed by atoms with E-state index in [9.17, 15) is 9.90 Å². The lowest BCUT2D eigenvalue weighted by molar-refractivity contribution is 0.0684. The first-order chi connectivity index (χ1) is 9.61. The van der Waals surface area contributed by atoms with Crippen molar-refractivity contribution in [1.82, 2.24) is 9.97 Å². The Morgan fingerprint density at radius 1 is 1.35 bits per heavy atom. The summed E-state index contributed by atoms with van der Waals surface area (Å²) in [6.45, 7) is 2.32. The molecule has 0 amide bonds. The van der Waals surface area contributed by atoms with Crippen molar-refractivity contribution >= 4 is 22.7 Å². The number of aromatic nitrogens is 2. The van der Waals surface area contributed by atoms with E-state index in [1.54, 1.807) is 12.1 Å². The van der Waals surface area contributed by atoms with E-state index in [0.717, 1.165) is 11.8 Å². The average Bonchev–Trinajstić information content (AvgIpc) is 2.44. The van der Waals surface area contributed by atoms with Crippen LogP contribution in [0.3, 0.4) is 0 Å². The number of carboxylic acid groups (broad SMARTS) is 1. The Morgan fingerprint density at radius 3 is 2.80 bits per heavy atom. The number of aliphatic hydroxyl groups is 1. The van der Waals surface area contributed by atoms with Gasteiger partial charge in [-0.1, -0.05) is 25.5 Å². The maximum atomic E-state index is 11.0. The average molecular weight is 275 g/mol. The minimum absolute atomic E-state index is 0.254. The van der Waals surface area contributed by atoms with Gasteiger partial charge in [-0.15, -0.1) is 0 Å². The van der Waals surface area contributed by atoms with Crippen molar-refractivity contribution in [2.75, 3.05) is 11.9 Å². The fourth-order valence-corrected chi connectivity index (χ4v) is 1.96. The van der Waals surface area contributed by atoms with Crippen molar-refractivity contribution in [1.29, 1.82) is 0 Å². The number of hydrogen-bond acceptors (Lipinski definition) is 5. The number of para-hydroxylation sites is 1. The van der Waals surface area contributed by atoms with Gasteiger partial charge in [0.15, 0.2) is 0 Å². The molecule has 0 saturated carbocycles. The highest BCUT2D eigenvalue weighted by Gasteiger charge is 2.13. The Kier molecular flexibility index (Phi) is 4.47. The van der Waals surface area contributed by atoms with Gasteiger partial charge in [-0.2, -0.15) is 0 Å². The first-order valence-corrected chi connectivity index (χ1v) is 6.53. The Labute approximate surface area is 116 Å². The summed E-state index contributed by atoms with van der Waals surface area (Å²) in [6, 6.07) is 7.17. The van der Waals surface area contributed by atoms with E-state index in [4.69, 9.17) is 5.11 Å². The van der Waals surface area contributed by atoms with Crippen LogP contribution in [-0.2, 0) is 0 Å². The summed E-state index contributed by atoms with van der Waals surface area (Å²) in [5.74, 6) is -0.993. The lowest BCUT2D eigenvalue weighted by Crippen LogP contribution is -2.20. The van der Waals surface area contributed by atoms with Crippen LogP contribution in [0.25, 0.3) is 10.9 Å². The Morgan fingerprint density at radius 2 is 2.10 bits per heavy atom. The van der Waals surface area contributed by atoms with Crippen LogP contribution < -0.4 is 5.32 Å². The van der Waals surface area contributed by atoms with Crippen molar-refractivity contribution in [3.63, 3.8) is 0 Å². The molecule has 106 valence electrons. The highest BCUT2D eigenvalue weighted by molar-refractivity contribution is 5.93. The van der Waals surface area contributed by atoms with E-state index < -0.39 is 12.1 Å². The maximum Gasteiger partial charge on any atom is 0.374 e. The number of hydrogen-bond donors (Lipinski definition) is 3. The molecule has 1 aromatic carbocycles. The predicted octanol–water partition coefficient (Wildman–Crippen LogP) is 1.90. The minimum Gasteiger partial charge on any atom is -0.475 e. The lowest BCUT2D eigenvalue weighted by atomic mass is 10.2. The zero-order valence-electron chi connectivity index (χ0n) is 11.2. The number of carbonyl (C=O) groups is 1. The number of aromatic carboxylic acids is 1. The zero-order valence-corrected chi connectivity index (χ0v) is 11.2. The molecule has 0 aliphatic carbocycles. The van der Waals surface area contributed by atoms with E-state index in [2.05, 4.69) is 15.3 Å². The molecule has 0 fully saturated rings. The zero-order chi connectivity index (χ0) is 14.5. The lowest BCUT2D eigenvalue weighted by Gasteiger charge is -2.13. The number of rotatable bonds is 6. The third-order valence-electron chi connectivity index (χ3n) is 2.92. The van der Waals surface area contributed by atoms with Crippen molar-refractivity contribution in [3.8, 4) is 0 Å². The molecule has 0 spiro atoms. The summed E-state index contributed by atoms with van der Waals surface area (Å²) >= 11 is 0. The largest absolute Gasteiger partial charge is 0.475 e. The molecule has 6 heteroatoms. The van der Waals surface area contributed by atoms with Gasteiger partial charge in [-0.3, -0.25) is 0 Å². The van der Waals surface area contributed by atoms with Gasteiger partial charge in [0, 0.05) is 11.9 Å². The van der Waals surface area contributed by atoms with Crippen molar-refractivity contribution < 1.29 is 15.0 Å². The number of anilines is 1. The van der Waals surface area contributed by atoms with Crippen LogP contribution in [0.5, 0.6) is 0 Å². The fraction of sp³-hybridized carbons (Fsp3) is 0.357. The van der Waals surface area contributed by atoms with E-state index in [0.29, 0.717) is 24.3 Å². The molecule has 0 aliphatic heterocycles. The maximum absolute atomic E-state index is 11.0. The number of carboxylic acids is 1. The number of aliphatic hydroxyl groups excluding tert-OH is 1. The molecule has 2 aromatic rings. The van der Waals surface area contributed by atoms with Crippen molar-refractivity contribution in [3.05, 3.63) is 30.1 Å². The SMILES string of the molecule is CCCC(O)CNc1nc(C(=O)O)nc2ccccc12. The van der Waals surface area contributed by atoms with E-state index in [-0.39, 0.29) is 5.82 Å². The summed E-state index contributed by atoms with van der Waals surface area (Å²) in [6.07, 6.45) is 1.08. The molecule has 1 atom stereocenters.